The summed E-state index contributed by atoms with van der Waals surface area (Å²) in [6.45, 7) is 2.15. The zero-order valence-electron chi connectivity index (χ0n) is 7.94. The highest BCUT2D eigenvalue weighted by atomic mass is 16.4. The summed E-state index contributed by atoms with van der Waals surface area (Å²) in [5.74, 6) is -0.917. The minimum Gasteiger partial charge on any atom is -0.478 e. The number of carboxylic acid groups (broad SMARTS) is 1. The highest BCUT2D eigenvalue weighted by Gasteiger charge is 1.79. The van der Waals surface area contributed by atoms with Crippen LogP contribution in [0.3, 0.4) is 0 Å². The van der Waals surface area contributed by atoms with Gasteiger partial charge < -0.3 is 5.11 Å². The fourth-order valence-corrected chi connectivity index (χ4v) is 0.763. The summed E-state index contributed by atoms with van der Waals surface area (Å²) in [6, 6.07) is 0. The molecule has 0 heterocycles. The summed E-state index contributed by atoms with van der Waals surface area (Å²) in [5.41, 5.74) is 0. The molecule has 0 unspecified atom stereocenters. The van der Waals surface area contributed by atoms with Crippen molar-refractivity contribution in [2.75, 3.05) is 0 Å². The Morgan fingerprint density at radius 2 is 1.92 bits per heavy atom. The SMILES string of the molecule is CCCCC=CC=C/C=C/C(=O)O. The molecule has 0 bridgehead atoms. The molecule has 0 aromatic carbocycles. The number of hydrogen-bond acceptors (Lipinski definition) is 1. The van der Waals surface area contributed by atoms with Crippen molar-refractivity contribution in [3.63, 3.8) is 0 Å². The van der Waals surface area contributed by atoms with Crippen LogP contribution in [-0.4, -0.2) is 11.1 Å². The fourth-order valence-electron chi connectivity index (χ4n) is 0.763. The molecule has 0 fully saturated rings. The van der Waals surface area contributed by atoms with Gasteiger partial charge in [-0.2, -0.15) is 0 Å². The van der Waals surface area contributed by atoms with Crippen molar-refractivity contribution >= 4 is 5.97 Å². The van der Waals surface area contributed by atoms with Crippen LogP contribution in [0.25, 0.3) is 0 Å². The second kappa shape index (κ2) is 8.78. The third kappa shape index (κ3) is 10.7. The van der Waals surface area contributed by atoms with Crippen molar-refractivity contribution in [2.24, 2.45) is 0 Å². The lowest BCUT2D eigenvalue weighted by Crippen LogP contribution is -1.84. The third-order valence-corrected chi connectivity index (χ3v) is 1.43. The van der Waals surface area contributed by atoms with Crippen LogP contribution < -0.4 is 0 Å². The van der Waals surface area contributed by atoms with Crippen molar-refractivity contribution in [1.29, 1.82) is 0 Å². The number of carbonyl (C=O) groups is 1. The highest BCUT2D eigenvalue weighted by molar-refractivity contribution is 5.80. The number of carboxylic acids is 1. The van der Waals surface area contributed by atoms with Crippen molar-refractivity contribution < 1.29 is 9.90 Å². The van der Waals surface area contributed by atoms with Crippen LogP contribution in [-0.2, 0) is 4.79 Å². The first-order valence-corrected chi connectivity index (χ1v) is 4.50. The van der Waals surface area contributed by atoms with Gasteiger partial charge in [-0.1, -0.05) is 50.1 Å². The van der Waals surface area contributed by atoms with Gasteiger partial charge in [0.25, 0.3) is 0 Å². The molecule has 13 heavy (non-hydrogen) atoms. The van der Waals surface area contributed by atoms with E-state index in [1.165, 1.54) is 18.9 Å². The Bertz CT molecular complexity index is 212. The van der Waals surface area contributed by atoms with E-state index in [4.69, 9.17) is 5.11 Å². The minimum atomic E-state index is -0.917. The van der Waals surface area contributed by atoms with Gasteiger partial charge in [0.05, 0.1) is 0 Å². The zero-order valence-corrected chi connectivity index (χ0v) is 7.94. The van der Waals surface area contributed by atoms with E-state index in [1.54, 1.807) is 6.08 Å². The molecule has 2 heteroatoms. The van der Waals surface area contributed by atoms with E-state index < -0.39 is 5.97 Å². The maximum absolute atomic E-state index is 10.0. The molecule has 0 amide bonds. The maximum Gasteiger partial charge on any atom is 0.328 e. The summed E-state index contributed by atoms with van der Waals surface area (Å²) in [7, 11) is 0. The Labute approximate surface area is 79.3 Å². The van der Waals surface area contributed by atoms with Crippen LogP contribution in [0.1, 0.15) is 26.2 Å². The Hall–Kier alpha value is -1.31. The Balaban J connectivity index is 3.51. The van der Waals surface area contributed by atoms with E-state index in [9.17, 15) is 4.79 Å². The van der Waals surface area contributed by atoms with E-state index in [0.29, 0.717) is 0 Å². The summed E-state index contributed by atoms with van der Waals surface area (Å²) < 4.78 is 0. The van der Waals surface area contributed by atoms with Gasteiger partial charge in [0.2, 0.25) is 0 Å². The molecule has 0 atom stereocenters. The van der Waals surface area contributed by atoms with Crippen LogP contribution in [0.15, 0.2) is 36.5 Å². The minimum absolute atomic E-state index is 0.917. The number of rotatable bonds is 6. The molecule has 0 aromatic rings. The topological polar surface area (TPSA) is 37.3 Å². The fraction of sp³-hybridized carbons (Fsp3) is 0.364. The zero-order chi connectivity index (χ0) is 9.94. The molecular formula is C11H16O2. The molecule has 0 spiro atoms. The maximum atomic E-state index is 10.0. The van der Waals surface area contributed by atoms with Crippen molar-refractivity contribution in [3.8, 4) is 0 Å². The Morgan fingerprint density at radius 1 is 1.23 bits per heavy atom. The van der Waals surface area contributed by atoms with E-state index in [1.807, 2.05) is 12.2 Å². The number of unbranched alkanes of at least 4 members (excludes halogenated alkanes) is 2. The second-order valence-corrected chi connectivity index (χ2v) is 2.65. The quantitative estimate of drug-likeness (QED) is 0.387. The normalized spacial score (nSPS) is 12.1. The van der Waals surface area contributed by atoms with Crippen molar-refractivity contribution in [2.45, 2.75) is 26.2 Å². The van der Waals surface area contributed by atoms with Crippen molar-refractivity contribution in [1.82, 2.24) is 0 Å². The third-order valence-electron chi connectivity index (χ3n) is 1.43. The van der Waals surface area contributed by atoms with Gasteiger partial charge in [0, 0.05) is 6.08 Å². The van der Waals surface area contributed by atoms with Crippen LogP contribution >= 0.6 is 0 Å². The van der Waals surface area contributed by atoms with Crippen LogP contribution in [0.2, 0.25) is 0 Å². The van der Waals surface area contributed by atoms with Gasteiger partial charge in [-0.05, 0) is 6.42 Å². The van der Waals surface area contributed by atoms with Crippen LogP contribution in [0, 0.1) is 0 Å². The highest BCUT2D eigenvalue weighted by Crippen LogP contribution is 1.94. The molecule has 0 saturated heterocycles. The second-order valence-electron chi connectivity index (χ2n) is 2.65. The predicted molar refractivity (Wildman–Crippen MR) is 54.6 cm³/mol. The molecule has 1 N–H and O–H groups in total. The van der Waals surface area contributed by atoms with E-state index in [2.05, 4.69) is 13.0 Å². The molecule has 0 aliphatic rings. The molecule has 0 rings (SSSR count). The predicted octanol–water partition coefficient (Wildman–Crippen LogP) is 2.93. The van der Waals surface area contributed by atoms with Gasteiger partial charge in [-0.25, -0.2) is 4.79 Å². The molecule has 2 nitrogen and oxygen atoms in total. The van der Waals surface area contributed by atoms with Crippen LogP contribution in [0.4, 0.5) is 0 Å². The monoisotopic (exact) mass is 180 g/mol. The number of aliphatic carboxylic acids is 1. The summed E-state index contributed by atoms with van der Waals surface area (Å²) >= 11 is 0. The number of hydrogen-bond donors (Lipinski definition) is 1. The van der Waals surface area contributed by atoms with E-state index >= 15 is 0 Å². The number of allylic oxidation sites excluding steroid dienone is 5. The van der Waals surface area contributed by atoms with Gasteiger partial charge >= 0.3 is 5.97 Å². The first kappa shape index (κ1) is 11.7. The lowest BCUT2D eigenvalue weighted by Gasteiger charge is -1.84. The molecule has 0 radical (unpaired) electrons. The molecule has 0 aromatic heterocycles. The van der Waals surface area contributed by atoms with Gasteiger partial charge in [0.15, 0.2) is 0 Å². The van der Waals surface area contributed by atoms with Gasteiger partial charge in [-0.3, -0.25) is 0 Å². The lowest BCUT2D eigenvalue weighted by atomic mass is 10.2. The first-order chi connectivity index (χ1) is 6.27. The van der Waals surface area contributed by atoms with Crippen molar-refractivity contribution in [3.05, 3.63) is 36.5 Å². The molecular weight excluding hydrogens is 164 g/mol. The molecule has 0 aliphatic carbocycles. The average Bonchev–Trinajstić information content (AvgIpc) is 2.09. The molecule has 0 aliphatic heterocycles. The average molecular weight is 180 g/mol. The summed E-state index contributed by atoms with van der Waals surface area (Å²) in [6.07, 6.45) is 13.6. The van der Waals surface area contributed by atoms with Gasteiger partial charge in [0.1, 0.15) is 0 Å². The smallest absolute Gasteiger partial charge is 0.328 e. The molecule has 72 valence electrons. The Morgan fingerprint density at radius 3 is 2.54 bits per heavy atom. The molecule has 0 saturated carbocycles. The summed E-state index contributed by atoms with van der Waals surface area (Å²) in [4.78, 5) is 10.0. The van der Waals surface area contributed by atoms with E-state index in [0.717, 1.165) is 12.5 Å². The van der Waals surface area contributed by atoms with Crippen LogP contribution in [0.5, 0.6) is 0 Å². The largest absolute Gasteiger partial charge is 0.478 e. The summed E-state index contributed by atoms with van der Waals surface area (Å²) in [5, 5.41) is 8.25. The first-order valence-electron chi connectivity index (χ1n) is 4.50. The lowest BCUT2D eigenvalue weighted by molar-refractivity contribution is -0.131. The van der Waals surface area contributed by atoms with E-state index in [-0.39, 0.29) is 0 Å². The Kier molecular flexibility index (Phi) is 7.90. The standard InChI is InChI=1S/C11H16O2/c1-2-3-4-5-6-7-8-9-10-11(12)13/h5-10H,2-4H2,1H3,(H,12,13)/b6-5?,8-7?,10-9+. The van der Waals surface area contributed by atoms with Gasteiger partial charge in [-0.15, -0.1) is 0 Å².